The number of nitrogens with one attached hydrogen (secondary N) is 1. The Morgan fingerprint density at radius 2 is 2.19 bits per heavy atom. The maximum Gasteiger partial charge on any atom is 0.260 e. The standard InChI is InChI=1S/C15H14N4O2/c1-11(14-7-4-8-21-14)17-18-15(20)9-19-10-16-12-5-2-3-6-13(12)19/h2-8,10H,9H2,1H3,(H,18,20). The molecule has 6 heteroatoms. The minimum Gasteiger partial charge on any atom is -0.463 e. The van der Waals surface area contributed by atoms with Crippen LogP contribution in [0, 0.1) is 0 Å². The van der Waals surface area contributed by atoms with Crippen LogP contribution in [-0.4, -0.2) is 21.2 Å². The van der Waals surface area contributed by atoms with Gasteiger partial charge >= 0.3 is 0 Å². The van der Waals surface area contributed by atoms with Gasteiger partial charge in [-0.25, -0.2) is 10.4 Å². The largest absolute Gasteiger partial charge is 0.463 e. The van der Waals surface area contributed by atoms with Gasteiger partial charge in [0.1, 0.15) is 18.0 Å². The Labute approximate surface area is 121 Å². The second-order valence-electron chi connectivity index (χ2n) is 4.57. The maximum atomic E-state index is 11.9. The number of hydrazone groups is 1. The fourth-order valence-corrected chi connectivity index (χ4v) is 2.01. The van der Waals surface area contributed by atoms with E-state index in [2.05, 4.69) is 15.5 Å². The van der Waals surface area contributed by atoms with Crippen molar-refractivity contribution in [3.05, 3.63) is 54.7 Å². The van der Waals surface area contributed by atoms with Gasteiger partial charge < -0.3 is 8.98 Å². The van der Waals surface area contributed by atoms with E-state index < -0.39 is 0 Å². The molecule has 0 aliphatic heterocycles. The van der Waals surface area contributed by atoms with Gasteiger partial charge in [0.15, 0.2) is 0 Å². The number of furan rings is 1. The van der Waals surface area contributed by atoms with E-state index in [4.69, 9.17) is 4.42 Å². The molecule has 1 N–H and O–H groups in total. The van der Waals surface area contributed by atoms with E-state index in [1.807, 2.05) is 24.3 Å². The minimum atomic E-state index is -0.218. The first-order chi connectivity index (χ1) is 10.2. The van der Waals surface area contributed by atoms with Gasteiger partial charge in [-0.1, -0.05) is 12.1 Å². The monoisotopic (exact) mass is 282 g/mol. The number of nitrogens with zero attached hydrogens (tertiary/aromatic N) is 3. The molecule has 0 saturated carbocycles. The maximum absolute atomic E-state index is 11.9. The molecule has 3 rings (SSSR count). The molecule has 0 aliphatic rings. The summed E-state index contributed by atoms with van der Waals surface area (Å²) in [5.41, 5.74) is 4.91. The van der Waals surface area contributed by atoms with Crippen molar-refractivity contribution < 1.29 is 9.21 Å². The molecule has 0 spiro atoms. The number of carbonyl (C=O) groups is 1. The van der Waals surface area contributed by atoms with Crippen molar-refractivity contribution in [3.63, 3.8) is 0 Å². The molecule has 1 amide bonds. The third-order valence-corrected chi connectivity index (χ3v) is 3.07. The molecule has 2 aromatic heterocycles. The van der Waals surface area contributed by atoms with Crippen molar-refractivity contribution in [3.8, 4) is 0 Å². The number of benzene rings is 1. The lowest BCUT2D eigenvalue weighted by atomic mass is 10.3. The Morgan fingerprint density at radius 3 is 3.00 bits per heavy atom. The first-order valence-corrected chi connectivity index (χ1v) is 6.51. The number of amides is 1. The average molecular weight is 282 g/mol. The van der Waals surface area contributed by atoms with E-state index in [0.29, 0.717) is 11.5 Å². The summed E-state index contributed by atoms with van der Waals surface area (Å²) in [5, 5.41) is 4.02. The highest BCUT2D eigenvalue weighted by molar-refractivity contribution is 5.96. The zero-order chi connectivity index (χ0) is 14.7. The molecule has 6 nitrogen and oxygen atoms in total. The third-order valence-electron chi connectivity index (χ3n) is 3.07. The zero-order valence-electron chi connectivity index (χ0n) is 11.5. The van der Waals surface area contributed by atoms with Gasteiger partial charge in [0.05, 0.1) is 23.6 Å². The summed E-state index contributed by atoms with van der Waals surface area (Å²) in [6, 6.07) is 11.2. The Hall–Kier alpha value is -2.89. The first-order valence-electron chi connectivity index (χ1n) is 6.51. The van der Waals surface area contributed by atoms with E-state index in [1.54, 1.807) is 36.2 Å². The molecule has 106 valence electrons. The topological polar surface area (TPSA) is 72.4 Å². The van der Waals surface area contributed by atoms with E-state index in [0.717, 1.165) is 11.0 Å². The number of imidazole rings is 1. The van der Waals surface area contributed by atoms with Crippen LogP contribution < -0.4 is 5.43 Å². The molecule has 0 aliphatic carbocycles. The summed E-state index contributed by atoms with van der Waals surface area (Å²) in [4.78, 5) is 16.2. The lowest BCUT2D eigenvalue weighted by Gasteiger charge is -2.03. The molecule has 0 fully saturated rings. The van der Waals surface area contributed by atoms with Gasteiger partial charge in [-0.05, 0) is 31.2 Å². The average Bonchev–Trinajstić information content (AvgIpc) is 3.15. The molecule has 2 heterocycles. The predicted molar refractivity (Wildman–Crippen MR) is 78.8 cm³/mol. The molecule has 3 aromatic rings. The lowest BCUT2D eigenvalue weighted by molar-refractivity contribution is -0.121. The molecule has 0 unspecified atom stereocenters. The Bertz CT molecular complexity index is 787. The number of rotatable bonds is 4. The summed E-state index contributed by atoms with van der Waals surface area (Å²) >= 11 is 0. The molecule has 0 saturated heterocycles. The number of aromatic nitrogens is 2. The lowest BCUT2D eigenvalue weighted by Crippen LogP contribution is -2.23. The van der Waals surface area contributed by atoms with Crippen molar-refractivity contribution >= 4 is 22.7 Å². The van der Waals surface area contributed by atoms with E-state index in [1.165, 1.54) is 0 Å². The number of carbonyl (C=O) groups excluding carboxylic acids is 1. The minimum absolute atomic E-state index is 0.162. The Balaban J connectivity index is 1.68. The van der Waals surface area contributed by atoms with Crippen LogP contribution in [0.15, 0.2) is 58.5 Å². The van der Waals surface area contributed by atoms with Gasteiger partial charge in [0.25, 0.3) is 5.91 Å². The van der Waals surface area contributed by atoms with Crippen molar-refractivity contribution in [2.45, 2.75) is 13.5 Å². The summed E-state index contributed by atoms with van der Waals surface area (Å²) in [6.45, 7) is 1.93. The first kappa shape index (κ1) is 13.1. The molecule has 21 heavy (non-hydrogen) atoms. The summed E-state index contributed by atoms with van der Waals surface area (Å²) < 4.78 is 6.97. The van der Waals surface area contributed by atoms with Crippen LogP contribution in [0.1, 0.15) is 12.7 Å². The quantitative estimate of drug-likeness (QED) is 0.589. The van der Waals surface area contributed by atoms with Gasteiger partial charge in [-0.2, -0.15) is 5.10 Å². The van der Waals surface area contributed by atoms with Crippen LogP contribution in [0.25, 0.3) is 11.0 Å². The number of fused-ring (bicyclic) bond motifs is 1. The van der Waals surface area contributed by atoms with Crippen molar-refractivity contribution in [1.82, 2.24) is 15.0 Å². The summed E-state index contributed by atoms with van der Waals surface area (Å²) in [6.07, 6.45) is 3.21. The van der Waals surface area contributed by atoms with E-state index in [9.17, 15) is 4.79 Å². The van der Waals surface area contributed by atoms with Crippen LogP contribution in [0.3, 0.4) is 0 Å². The highest BCUT2D eigenvalue weighted by atomic mass is 16.3. The number of hydrogen-bond acceptors (Lipinski definition) is 4. The van der Waals surface area contributed by atoms with Crippen LogP contribution in [0.4, 0.5) is 0 Å². The second-order valence-corrected chi connectivity index (χ2v) is 4.57. The highest BCUT2D eigenvalue weighted by Gasteiger charge is 2.07. The summed E-state index contributed by atoms with van der Waals surface area (Å²) in [5.74, 6) is 0.410. The third kappa shape index (κ3) is 2.84. The van der Waals surface area contributed by atoms with Crippen LogP contribution >= 0.6 is 0 Å². The van der Waals surface area contributed by atoms with Crippen molar-refractivity contribution in [2.75, 3.05) is 0 Å². The van der Waals surface area contributed by atoms with Gasteiger partial charge in [0, 0.05) is 0 Å². The van der Waals surface area contributed by atoms with Gasteiger partial charge in [-0.15, -0.1) is 0 Å². The Morgan fingerprint density at radius 1 is 1.33 bits per heavy atom. The molecule has 0 atom stereocenters. The van der Waals surface area contributed by atoms with E-state index >= 15 is 0 Å². The predicted octanol–water partition coefficient (Wildman–Crippen LogP) is 2.17. The molecular formula is C15H14N4O2. The SMILES string of the molecule is CC(=NNC(=O)Cn1cnc2ccccc21)c1ccco1. The van der Waals surface area contributed by atoms with Crippen LogP contribution in [0.5, 0.6) is 0 Å². The van der Waals surface area contributed by atoms with Crippen molar-refractivity contribution in [2.24, 2.45) is 5.10 Å². The zero-order valence-corrected chi connectivity index (χ0v) is 11.5. The van der Waals surface area contributed by atoms with Crippen LogP contribution in [0.2, 0.25) is 0 Å². The number of para-hydroxylation sites is 2. The van der Waals surface area contributed by atoms with Gasteiger partial charge in [0.2, 0.25) is 0 Å². The fraction of sp³-hybridized carbons (Fsp3) is 0.133. The normalized spacial score (nSPS) is 11.8. The Kier molecular flexibility index (Phi) is 3.51. The summed E-state index contributed by atoms with van der Waals surface area (Å²) in [7, 11) is 0. The number of hydrogen-bond donors (Lipinski definition) is 1. The van der Waals surface area contributed by atoms with E-state index in [-0.39, 0.29) is 12.5 Å². The molecular weight excluding hydrogens is 268 g/mol. The van der Waals surface area contributed by atoms with Crippen LogP contribution in [-0.2, 0) is 11.3 Å². The fourth-order valence-electron chi connectivity index (χ4n) is 2.01. The molecule has 1 aromatic carbocycles. The smallest absolute Gasteiger partial charge is 0.260 e. The molecule has 0 bridgehead atoms. The van der Waals surface area contributed by atoms with Crippen molar-refractivity contribution in [1.29, 1.82) is 0 Å². The second kappa shape index (κ2) is 5.62. The van der Waals surface area contributed by atoms with Gasteiger partial charge in [-0.3, -0.25) is 4.79 Å². The molecule has 0 radical (unpaired) electrons. The highest BCUT2D eigenvalue weighted by Crippen LogP contribution is 2.11.